The summed E-state index contributed by atoms with van der Waals surface area (Å²) in [5, 5.41) is 0. The van der Waals surface area contributed by atoms with Crippen molar-refractivity contribution in [1.29, 1.82) is 0 Å². The number of allylic oxidation sites excluding steroid dienone is 4. The molecule has 6 heteroatoms. The van der Waals surface area contributed by atoms with Crippen molar-refractivity contribution in [2.75, 3.05) is 39.9 Å². The fourth-order valence-corrected chi connectivity index (χ4v) is 4.67. The number of aliphatic imine (C=N–C) groups is 1. The highest BCUT2D eigenvalue weighted by Crippen LogP contribution is 2.40. The van der Waals surface area contributed by atoms with Crippen molar-refractivity contribution in [2.24, 2.45) is 16.6 Å². The van der Waals surface area contributed by atoms with Gasteiger partial charge in [-0.3, -0.25) is 9.79 Å². The number of carbonyl (C=O) groups is 1. The molecule has 1 aliphatic carbocycles. The number of ether oxygens (including phenoxy) is 1. The summed E-state index contributed by atoms with van der Waals surface area (Å²) >= 11 is 0. The first kappa shape index (κ1) is 21.1. The largest absolute Gasteiger partial charge is 0.404 e. The predicted molar refractivity (Wildman–Crippen MR) is 123 cm³/mol. The standard InChI is InChI=1S/C25H30N4O2/c1-3-29-22-10-9-19(21(17-26)25(27-2)18-7-5-4-6-8-18)15-20(22)23(16-24(29)30)28-11-13-31-14-12-28/h4-10,16-17,20H,3,11-15,26H2,1-2H3. The number of nitrogens with zero attached hydrogens (tertiary/aromatic N) is 3. The Morgan fingerprint density at radius 2 is 1.94 bits per heavy atom. The number of carbonyl (C=O) groups excluding carboxylic acids is 1. The van der Waals surface area contributed by atoms with Crippen molar-refractivity contribution in [3.05, 3.63) is 82.9 Å². The Morgan fingerprint density at radius 1 is 1.19 bits per heavy atom. The van der Waals surface area contributed by atoms with E-state index in [0.717, 1.165) is 53.3 Å². The molecule has 0 radical (unpaired) electrons. The van der Waals surface area contributed by atoms with Crippen LogP contribution in [0.15, 0.2) is 82.3 Å². The number of nitrogens with two attached hydrogens (primary N) is 1. The van der Waals surface area contributed by atoms with Gasteiger partial charge in [-0.05, 0) is 25.0 Å². The Labute approximate surface area is 184 Å². The van der Waals surface area contributed by atoms with E-state index in [9.17, 15) is 4.79 Å². The molecule has 162 valence electrons. The highest BCUT2D eigenvalue weighted by atomic mass is 16.5. The number of hydrogen-bond donors (Lipinski definition) is 1. The molecule has 1 atom stereocenters. The lowest BCUT2D eigenvalue weighted by Gasteiger charge is -2.43. The molecule has 4 rings (SSSR count). The lowest BCUT2D eigenvalue weighted by Crippen LogP contribution is -2.45. The van der Waals surface area contributed by atoms with Crippen molar-refractivity contribution in [2.45, 2.75) is 13.3 Å². The second-order valence-electron chi connectivity index (χ2n) is 7.81. The zero-order valence-corrected chi connectivity index (χ0v) is 18.3. The van der Waals surface area contributed by atoms with Crippen LogP contribution < -0.4 is 5.73 Å². The maximum absolute atomic E-state index is 12.8. The molecule has 0 aromatic heterocycles. The Hall–Kier alpha value is -3.12. The molecule has 0 bridgehead atoms. The van der Waals surface area contributed by atoms with Gasteiger partial charge in [0.1, 0.15) is 0 Å². The van der Waals surface area contributed by atoms with E-state index in [-0.39, 0.29) is 11.8 Å². The number of likely N-dealkylation sites (N-methyl/N-ethyl adjacent to an activating group) is 1. The number of amides is 1. The predicted octanol–water partition coefficient (Wildman–Crippen LogP) is 2.86. The summed E-state index contributed by atoms with van der Waals surface area (Å²) in [6.45, 7) is 5.66. The molecule has 6 nitrogen and oxygen atoms in total. The second-order valence-corrected chi connectivity index (χ2v) is 7.81. The van der Waals surface area contributed by atoms with Crippen molar-refractivity contribution in [3.8, 4) is 0 Å². The summed E-state index contributed by atoms with van der Waals surface area (Å²) in [4.78, 5) is 21.6. The monoisotopic (exact) mass is 418 g/mol. The van der Waals surface area contributed by atoms with E-state index in [1.807, 2.05) is 48.2 Å². The second kappa shape index (κ2) is 9.35. The van der Waals surface area contributed by atoms with Crippen LogP contribution in [0.1, 0.15) is 18.9 Å². The first-order chi connectivity index (χ1) is 15.2. The van der Waals surface area contributed by atoms with Crippen LogP contribution >= 0.6 is 0 Å². The summed E-state index contributed by atoms with van der Waals surface area (Å²) in [5.74, 6) is 0.164. The zero-order chi connectivity index (χ0) is 21.8. The molecule has 1 amide bonds. The molecule has 1 fully saturated rings. The van der Waals surface area contributed by atoms with Gasteiger partial charge in [0.2, 0.25) is 0 Å². The molecule has 1 saturated heterocycles. The molecule has 1 aromatic rings. The van der Waals surface area contributed by atoms with Crippen LogP contribution in [-0.4, -0.2) is 61.3 Å². The van der Waals surface area contributed by atoms with Crippen LogP contribution in [0, 0.1) is 5.92 Å². The van der Waals surface area contributed by atoms with Gasteiger partial charge in [-0.15, -0.1) is 0 Å². The molecule has 0 spiro atoms. The SMILES string of the molecule is CCN1C(=O)C=C(N2CCOCC2)C2CC(C(=CN)C(=NC)c3ccccc3)=CC=C21. The van der Waals surface area contributed by atoms with Gasteiger partial charge in [0.15, 0.2) is 0 Å². The summed E-state index contributed by atoms with van der Waals surface area (Å²) in [5.41, 5.74) is 12.3. The minimum absolute atomic E-state index is 0.0537. The molecule has 2 heterocycles. The lowest BCUT2D eigenvalue weighted by molar-refractivity contribution is -0.125. The van der Waals surface area contributed by atoms with E-state index in [4.69, 9.17) is 10.5 Å². The third-order valence-electron chi connectivity index (χ3n) is 6.17. The highest BCUT2D eigenvalue weighted by Gasteiger charge is 2.37. The minimum Gasteiger partial charge on any atom is -0.404 e. The third kappa shape index (κ3) is 4.08. The van der Waals surface area contributed by atoms with E-state index in [0.29, 0.717) is 19.8 Å². The Kier molecular flexibility index (Phi) is 6.37. The quantitative estimate of drug-likeness (QED) is 0.747. The summed E-state index contributed by atoms with van der Waals surface area (Å²) in [6.07, 6.45) is 8.42. The van der Waals surface area contributed by atoms with Gasteiger partial charge in [-0.1, -0.05) is 36.4 Å². The van der Waals surface area contributed by atoms with Gasteiger partial charge in [0.25, 0.3) is 5.91 Å². The lowest BCUT2D eigenvalue weighted by atomic mass is 9.80. The van der Waals surface area contributed by atoms with E-state index in [1.165, 1.54) is 0 Å². The van der Waals surface area contributed by atoms with E-state index in [1.54, 1.807) is 13.2 Å². The molecule has 2 aliphatic heterocycles. The number of hydrogen-bond acceptors (Lipinski definition) is 5. The van der Waals surface area contributed by atoms with Crippen LogP contribution in [0.3, 0.4) is 0 Å². The maximum atomic E-state index is 12.8. The number of benzene rings is 1. The first-order valence-electron chi connectivity index (χ1n) is 10.9. The van der Waals surface area contributed by atoms with Crippen molar-refractivity contribution in [3.63, 3.8) is 0 Å². The average Bonchev–Trinajstić information content (AvgIpc) is 2.83. The summed E-state index contributed by atoms with van der Waals surface area (Å²) < 4.78 is 5.54. The molecule has 1 aromatic carbocycles. The molecule has 2 N–H and O–H groups in total. The van der Waals surface area contributed by atoms with Crippen LogP contribution in [0.4, 0.5) is 0 Å². The van der Waals surface area contributed by atoms with Crippen molar-refractivity contribution in [1.82, 2.24) is 9.80 Å². The highest BCUT2D eigenvalue weighted by molar-refractivity contribution is 6.15. The van der Waals surface area contributed by atoms with Gasteiger partial charge >= 0.3 is 0 Å². The number of fused-ring (bicyclic) bond motifs is 1. The van der Waals surface area contributed by atoms with Gasteiger partial charge in [0, 0.05) is 67.4 Å². The van der Waals surface area contributed by atoms with Crippen LogP contribution in [0.2, 0.25) is 0 Å². The maximum Gasteiger partial charge on any atom is 0.252 e. The smallest absolute Gasteiger partial charge is 0.252 e. The third-order valence-corrected chi connectivity index (χ3v) is 6.17. The van der Waals surface area contributed by atoms with Gasteiger partial charge in [0.05, 0.1) is 18.9 Å². The van der Waals surface area contributed by atoms with Crippen LogP contribution in [0.25, 0.3) is 0 Å². The molecule has 0 saturated carbocycles. The van der Waals surface area contributed by atoms with Gasteiger partial charge < -0.3 is 20.3 Å². The normalized spacial score (nSPS) is 22.6. The Balaban J connectivity index is 1.71. The van der Waals surface area contributed by atoms with Crippen molar-refractivity contribution >= 4 is 11.6 Å². The van der Waals surface area contributed by atoms with Crippen LogP contribution in [0.5, 0.6) is 0 Å². The fraction of sp³-hybridized carbons (Fsp3) is 0.360. The molecular formula is C25H30N4O2. The number of morpholine rings is 1. The van der Waals surface area contributed by atoms with Crippen LogP contribution in [-0.2, 0) is 9.53 Å². The topological polar surface area (TPSA) is 71.2 Å². The van der Waals surface area contributed by atoms with E-state index >= 15 is 0 Å². The van der Waals surface area contributed by atoms with Gasteiger partial charge in [-0.25, -0.2) is 0 Å². The summed E-state index contributed by atoms with van der Waals surface area (Å²) in [7, 11) is 1.80. The number of rotatable bonds is 5. The molecule has 1 unspecified atom stereocenters. The van der Waals surface area contributed by atoms with Crippen molar-refractivity contribution < 1.29 is 9.53 Å². The average molecular weight is 419 g/mol. The Morgan fingerprint density at radius 3 is 2.58 bits per heavy atom. The first-order valence-corrected chi connectivity index (χ1v) is 10.9. The molecule has 31 heavy (non-hydrogen) atoms. The van der Waals surface area contributed by atoms with Gasteiger partial charge in [-0.2, -0.15) is 0 Å². The van der Waals surface area contributed by atoms with E-state index in [2.05, 4.69) is 22.0 Å². The zero-order valence-electron chi connectivity index (χ0n) is 18.3. The fourth-order valence-electron chi connectivity index (χ4n) is 4.67. The Bertz CT molecular complexity index is 982. The molecular weight excluding hydrogens is 388 g/mol. The minimum atomic E-state index is 0.0537. The molecule has 3 aliphatic rings. The van der Waals surface area contributed by atoms with E-state index < -0.39 is 0 Å². The summed E-state index contributed by atoms with van der Waals surface area (Å²) in [6, 6.07) is 10.1.